The first kappa shape index (κ1) is 15.1. The maximum atomic E-state index is 12.2. The fourth-order valence-corrected chi connectivity index (χ4v) is 2.03. The molecule has 6 heteroatoms. The zero-order chi connectivity index (χ0) is 15.4. The van der Waals surface area contributed by atoms with Crippen LogP contribution in [0, 0.1) is 18.8 Å². The quantitative estimate of drug-likeness (QED) is 0.833. The highest BCUT2D eigenvalue weighted by atomic mass is 35.5. The van der Waals surface area contributed by atoms with Crippen molar-refractivity contribution in [3.8, 4) is 11.8 Å². The zero-order valence-corrected chi connectivity index (χ0v) is 12.5. The summed E-state index contributed by atoms with van der Waals surface area (Å²) in [5, 5.41) is 7.35. The molecule has 0 spiro atoms. The van der Waals surface area contributed by atoms with Gasteiger partial charge in [0.05, 0.1) is 22.9 Å². The molecule has 1 aromatic heterocycles. The molecule has 0 aliphatic heterocycles. The molecule has 0 saturated heterocycles. The number of aryl methyl sites for hydroxylation is 2. The van der Waals surface area contributed by atoms with Gasteiger partial charge >= 0.3 is 0 Å². The molecule has 0 aliphatic rings. The molecule has 5 nitrogen and oxygen atoms in total. The molecule has 2 aromatic rings. The highest BCUT2D eigenvalue weighted by Gasteiger charge is 2.13. The Morgan fingerprint density at radius 1 is 1.48 bits per heavy atom. The first-order valence-electron chi connectivity index (χ1n) is 6.31. The van der Waals surface area contributed by atoms with Crippen LogP contribution in [0.5, 0.6) is 0 Å². The van der Waals surface area contributed by atoms with Crippen LogP contribution in [-0.4, -0.2) is 22.2 Å². The van der Waals surface area contributed by atoms with E-state index in [1.165, 1.54) is 4.68 Å². The van der Waals surface area contributed by atoms with Crippen molar-refractivity contribution in [1.29, 1.82) is 0 Å². The molecular weight excluding hydrogens is 288 g/mol. The standard InChI is InChI=1S/C15H15ClN4O/c1-10-8-14(20(2)19-10)15(21)18-13-9-11(4-3-7-17)5-6-12(13)16/h5-6,8-9H,7,17H2,1-2H3,(H,18,21). The number of amides is 1. The van der Waals surface area contributed by atoms with Gasteiger partial charge in [-0.15, -0.1) is 0 Å². The Morgan fingerprint density at radius 3 is 2.86 bits per heavy atom. The van der Waals surface area contributed by atoms with Gasteiger partial charge in [-0.2, -0.15) is 5.10 Å². The normalized spacial score (nSPS) is 9.90. The van der Waals surface area contributed by atoms with E-state index in [0.717, 1.165) is 11.3 Å². The van der Waals surface area contributed by atoms with Crippen molar-refractivity contribution in [2.45, 2.75) is 6.92 Å². The average Bonchev–Trinajstić information content (AvgIpc) is 2.78. The minimum atomic E-state index is -0.274. The summed E-state index contributed by atoms with van der Waals surface area (Å²) in [6, 6.07) is 6.88. The van der Waals surface area contributed by atoms with Gasteiger partial charge in [0.1, 0.15) is 5.69 Å². The molecule has 1 heterocycles. The van der Waals surface area contributed by atoms with E-state index in [9.17, 15) is 4.79 Å². The third-order valence-electron chi connectivity index (χ3n) is 2.78. The maximum Gasteiger partial charge on any atom is 0.273 e. The third kappa shape index (κ3) is 3.63. The van der Waals surface area contributed by atoms with Gasteiger partial charge in [0, 0.05) is 12.6 Å². The van der Waals surface area contributed by atoms with Crippen molar-refractivity contribution >= 4 is 23.2 Å². The Bertz CT molecular complexity index is 740. The minimum absolute atomic E-state index is 0.274. The summed E-state index contributed by atoms with van der Waals surface area (Å²) >= 11 is 6.10. The van der Waals surface area contributed by atoms with Crippen LogP contribution in [-0.2, 0) is 7.05 Å². The second-order valence-electron chi connectivity index (χ2n) is 4.45. The maximum absolute atomic E-state index is 12.2. The number of halogens is 1. The van der Waals surface area contributed by atoms with Crippen LogP contribution in [0.3, 0.4) is 0 Å². The van der Waals surface area contributed by atoms with Gasteiger partial charge in [-0.05, 0) is 31.2 Å². The van der Waals surface area contributed by atoms with E-state index in [1.807, 2.05) is 6.92 Å². The lowest BCUT2D eigenvalue weighted by molar-refractivity contribution is 0.101. The number of hydrogen-bond donors (Lipinski definition) is 2. The monoisotopic (exact) mass is 302 g/mol. The lowest BCUT2D eigenvalue weighted by atomic mass is 10.2. The molecule has 0 radical (unpaired) electrons. The van der Waals surface area contributed by atoms with Crippen molar-refractivity contribution in [1.82, 2.24) is 9.78 Å². The average molecular weight is 303 g/mol. The first-order valence-corrected chi connectivity index (χ1v) is 6.69. The van der Waals surface area contributed by atoms with E-state index < -0.39 is 0 Å². The number of rotatable bonds is 2. The fraction of sp³-hybridized carbons (Fsp3) is 0.200. The number of hydrogen-bond acceptors (Lipinski definition) is 3. The Labute approximate surface area is 128 Å². The van der Waals surface area contributed by atoms with E-state index in [0.29, 0.717) is 16.4 Å². The van der Waals surface area contributed by atoms with Gasteiger partial charge in [-0.1, -0.05) is 23.4 Å². The molecular formula is C15H15ClN4O. The summed E-state index contributed by atoms with van der Waals surface area (Å²) in [6.07, 6.45) is 0. The molecule has 3 N–H and O–H groups in total. The van der Waals surface area contributed by atoms with Gasteiger partial charge < -0.3 is 11.1 Å². The van der Waals surface area contributed by atoms with Crippen LogP contribution in [0.1, 0.15) is 21.7 Å². The number of carbonyl (C=O) groups is 1. The van der Waals surface area contributed by atoms with Crippen LogP contribution >= 0.6 is 11.6 Å². The van der Waals surface area contributed by atoms with Gasteiger partial charge in [-0.3, -0.25) is 9.48 Å². The largest absolute Gasteiger partial charge is 0.320 e. The number of nitrogens with one attached hydrogen (secondary N) is 1. The molecule has 21 heavy (non-hydrogen) atoms. The summed E-state index contributed by atoms with van der Waals surface area (Å²) in [5.74, 6) is 5.38. The number of nitrogens with two attached hydrogens (primary N) is 1. The third-order valence-corrected chi connectivity index (χ3v) is 3.11. The minimum Gasteiger partial charge on any atom is -0.320 e. The summed E-state index contributed by atoms with van der Waals surface area (Å²) in [6.45, 7) is 2.10. The first-order chi connectivity index (χ1) is 10.0. The Balaban J connectivity index is 2.26. The highest BCUT2D eigenvalue weighted by Crippen LogP contribution is 2.23. The van der Waals surface area contributed by atoms with E-state index in [-0.39, 0.29) is 12.5 Å². The Morgan fingerprint density at radius 2 is 2.24 bits per heavy atom. The second kappa shape index (κ2) is 6.44. The molecule has 0 unspecified atom stereocenters. The molecule has 0 aliphatic carbocycles. The van der Waals surface area contributed by atoms with Crippen LogP contribution < -0.4 is 11.1 Å². The zero-order valence-electron chi connectivity index (χ0n) is 11.8. The molecule has 0 saturated carbocycles. The SMILES string of the molecule is Cc1cc(C(=O)Nc2cc(C#CCN)ccc2Cl)n(C)n1. The molecule has 1 amide bonds. The van der Waals surface area contributed by atoms with Crippen LogP contribution in [0.25, 0.3) is 0 Å². The molecule has 1 aromatic carbocycles. The van der Waals surface area contributed by atoms with E-state index >= 15 is 0 Å². The van der Waals surface area contributed by atoms with Crippen molar-refractivity contribution in [3.63, 3.8) is 0 Å². The summed E-state index contributed by atoms with van der Waals surface area (Å²) in [4.78, 5) is 12.2. The van der Waals surface area contributed by atoms with Crippen molar-refractivity contribution < 1.29 is 4.79 Å². The lowest BCUT2D eigenvalue weighted by Gasteiger charge is -2.07. The van der Waals surface area contributed by atoms with Gasteiger partial charge in [-0.25, -0.2) is 0 Å². The number of anilines is 1. The molecule has 2 rings (SSSR count). The van der Waals surface area contributed by atoms with Crippen molar-refractivity contribution in [3.05, 3.63) is 46.2 Å². The summed E-state index contributed by atoms with van der Waals surface area (Å²) < 4.78 is 1.52. The van der Waals surface area contributed by atoms with Gasteiger partial charge in [0.15, 0.2) is 0 Å². The second-order valence-corrected chi connectivity index (χ2v) is 4.86. The topological polar surface area (TPSA) is 72.9 Å². The van der Waals surface area contributed by atoms with Crippen molar-refractivity contribution in [2.24, 2.45) is 12.8 Å². The van der Waals surface area contributed by atoms with Crippen LogP contribution in [0.2, 0.25) is 5.02 Å². The van der Waals surface area contributed by atoms with Gasteiger partial charge in [0.2, 0.25) is 0 Å². The molecule has 108 valence electrons. The van der Waals surface area contributed by atoms with Crippen LogP contribution in [0.15, 0.2) is 24.3 Å². The number of benzene rings is 1. The number of nitrogens with zero attached hydrogens (tertiary/aromatic N) is 2. The van der Waals surface area contributed by atoms with E-state index in [4.69, 9.17) is 17.3 Å². The predicted molar refractivity (Wildman–Crippen MR) is 83.3 cm³/mol. The number of carbonyl (C=O) groups excluding carboxylic acids is 1. The Kier molecular flexibility index (Phi) is 4.63. The van der Waals surface area contributed by atoms with Gasteiger partial charge in [0.25, 0.3) is 5.91 Å². The van der Waals surface area contributed by atoms with E-state index in [2.05, 4.69) is 22.3 Å². The highest BCUT2D eigenvalue weighted by molar-refractivity contribution is 6.34. The predicted octanol–water partition coefficient (Wildman–Crippen LogP) is 1.94. The van der Waals surface area contributed by atoms with Crippen molar-refractivity contribution in [2.75, 3.05) is 11.9 Å². The molecule has 0 fully saturated rings. The smallest absolute Gasteiger partial charge is 0.273 e. The lowest BCUT2D eigenvalue weighted by Crippen LogP contribution is -2.16. The number of aromatic nitrogens is 2. The summed E-state index contributed by atoms with van der Waals surface area (Å²) in [7, 11) is 1.71. The molecule has 0 atom stereocenters. The summed E-state index contributed by atoms with van der Waals surface area (Å²) in [5.41, 5.74) is 7.82. The molecule has 0 bridgehead atoms. The fourth-order valence-electron chi connectivity index (χ4n) is 1.86. The van der Waals surface area contributed by atoms with E-state index in [1.54, 1.807) is 31.3 Å². The van der Waals surface area contributed by atoms with Crippen LogP contribution in [0.4, 0.5) is 5.69 Å². The Hall–Kier alpha value is -2.29.